The summed E-state index contributed by atoms with van der Waals surface area (Å²) in [4.78, 5) is 0. The monoisotopic (exact) mass is 638 g/mol. The van der Waals surface area contributed by atoms with Crippen LogP contribution in [0.3, 0.4) is 0 Å². The third kappa shape index (κ3) is 39.7. The summed E-state index contributed by atoms with van der Waals surface area (Å²) < 4.78 is 0. The van der Waals surface area contributed by atoms with Crippen LogP contribution in [0.2, 0.25) is 0 Å². The van der Waals surface area contributed by atoms with Crippen LogP contribution in [0.4, 0.5) is 0 Å². The molecule has 45 heavy (non-hydrogen) atoms. The van der Waals surface area contributed by atoms with Gasteiger partial charge in [-0.2, -0.15) is 0 Å². The lowest BCUT2D eigenvalue weighted by atomic mass is 10.2. The van der Waals surface area contributed by atoms with Crippen molar-refractivity contribution in [1.29, 1.82) is 0 Å². The number of aliphatic hydroxyl groups is 1. The summed E-state index contributed by atoms with van der Waals surface area (Å²) >= 11 is 0. The zero-order valence-electron chi connectivity index (χ0n) is 26.6. The number of aliphatic hydroxyl groups excluding tert-OH is 1. The van der Waals surface area contributed by atoms with Crippen molar-refractivity contribution in [2.75, 3.05) is 0 Å². The van der Waals surface area contributed by atoms with Crippen LogP contribution >= 0.6 is 0 Å². The van der Waals surface area contributed by atoms with Gasteiger partial charge in [-0.25, -0.2) is 0 Å². The van der Waals surface area contributed by atoms with Gasteiger partial charge in [0.15, 0.2) is 0 Å². The highest BCUT2D eigenvalue weighted by atomic mass is 16.3. The van der Waals surface area contributed by atoms with E-state index in [0.717, 1.165) is 5.56 Å². The van der Waals surface area contributed by atoms with Crippen molar-refractivity contribution in [2.45, 2.75) is 34.3 Å². The van der Waals surface area contributed by atoms with E-state index in [1.807, 2.05) is 103 Å². The van der Waals surface area contributed by atoms with Crippen molar-refractivity contribution in [2.24, 2.45) is 0 Å². The molecule has 0 bridgehead atoms. The van der Waals surface area contributed by atoms with Crippen molar-refractivity contribution in [3.63, 3.8) is 0 Å². The molecule has 0 saturated carbocycles. The maximum absolute atomic E-state index is 8.54. The van der Waals surface area contributed by atoms with Crippen LogP contribution in [-0.2, 0) is 6.61 Å². The van der Waals surface area contributed by atoms with Gasteiger partial charge >= 0.3 is 0 Å². The van der Waals surface area contributed by atoms with Gasteiger partial charge in [0, 0.05) is 0 Å². The predicted octanol–water partition coefficient (Wildman–Crippen LogP) is 1.74. The molecule has 0 aromatic heterocycles. The van der Waals surface area contributed by atoms with Gasteiger partial charge in [0.2, 0.25) is 0 Å². The van der Waals surface area contributed by atoms with Crippen molar-refractivity contribution in [3.8, 4) is 0 Å². The Bertz CT molecular complexity index is 986. The van der Waals surface area contributed by atoms with Crippen LogP contribution in [0.15, 0.2) is 152 Å². The molecule has 10 nitrogen and oxygen atoms in total. The highest BCUT2D eigenvalue weighted by molar-refractivity contribution is 5.14. The Morgan fingerprint density at radius 3 is 0.533 bits per heavy atom. The fraction of sp³-hybridized carbons (Fsp3) is 0.143. The Balaban J connectivity index is -0.0000000490. The molecule has 258 valence electrons. The molecule has 19 N–H and O–H groups in total. The first-order chi connectivity index (χ1) is 17.5. The van der Waals surface area contributed by atoms with Crippen molar-refractivity contribution >= 4 is 0 Å². The van der Waals surface area contributed by atoms with Gasteiger partial charge in [-0.05, 0) is 33.3 Å². The largest absolute Gasteiger partial charge is 0.412 e. The van der Waals surface area contributed by atoms with Crippen LogP contribution in [0.1, 0.15) is 27.8 Å². The quantitative estimate of drug-likeness (QED) is 0.282. The molecular formula is C35H58O10. The number of aryl methyl sites for hydroxylation is 4. The summed E-state index contributed by atoms with van der Waals surface area (Å²) in [7, 11) is 0. The van der Waals surface area contributed by atoms with Gasteiger partial charge in [0.05, 0.1) is 6.61 Å². The number of hydrogen-bond donors (Lipinski definition) is 1. The highest BCUT2D eigenvalue weighted by Gasteiger charge is 1.81. The smallest absolute Gasteiger partial charge is 0.0681 e. The van der Waals surface area contributed by atoms with Crippen molar-refractivity contribution in [3.05, 3.63) is 179 Å². The second-order valence-electron chi connectivity index (χ2n) is 8.26. The molecule has 0 aliphatic rings. The summed E-state index contributed by atoms with van der Waals surface area (Å²) in [6, 6.07) is 50.6. The van der Waals surface area contributed by atoms with E-state index in [9.17, 15) is 0 Å². The van der Waals surface area contributed by atoms with E-state index in [4.69, 9.17) is 5.11 Å². The molecule has 0 atom stereocenters. The average molecular weight is 639 g/mol. The number of hydrogen-bond acceptors (Lipinski definition) is 1. The second kappa shape index (κ2) is 44.1. The van der Waals surface area contributed by atoms with Crippen molar-refractivity contribution in [1.82, 2.24) is 0 Å². The molecule has 0 amide bonds. The Morgan fingerprint density at radius 1 is 0.289 bits per heavy atom. The molecule has 0 unspecified atom stereocenters. The van der Waals surface area contributed by atoms with E-state index in [1.165, 1.54) is 22.3 Å². The SMILES string of the molecule is Cc1ccccc1.Cc1ccccc1.Cc1ccccc1.Cc1ccccc1.O.O.O.O.O.O.O.O.O.OCc1ccccc1. The summed E-state index contributed by atoms with van der Waals surface area (Å²) in [5.74, 6) is 0. The minimum atomic E-state index is 0. The predicted molar refractivity (Wildman–Crippen MR) is 190 cm³/mol. The number of benzene rings is 5. The Morgan fingerprint density at radius 2 is 0.444 bits per heavy atom. The number of rotatable bonds is 1. The fourth-order valence-corrected chi connectivity index (χ4v) is 2.72. The Kier molecular flexibility index (Phi) is 62.6. The fourth-order valence-electron chi connectivity index (χ4n) is 2.72. The maximum atomic E-state index is 8.54. The van der Waals surface area contributed by atoms with E-state index in [1.54, 1.807) is 0 Å². The molecule has 10 heteroatoms. The molecule has 0 radical (unpaired) electrons. The normalized spacial score (nSPS) is 7.04. The van der Waals surface area contributed by atoms with Crippen molar-refractivity contribution < 1.29 is 54.4 Å². The first-order valence-corrected chi connectivity index (χ1v) is 12.2. The summed E-state index contributed by atoms with van der Waals surface area (Å²) in [6.07, 6.45) is 0. The molecule has 0 spiro atoms. The van der Waals surface area contributed by atoms with Gasteiger partial charge in [-0.1, -0.05) is 174 Å². The second-order valence-corrected chi connectivity index (χ2v) is 8.26. The first kappa shape index (κ1) is 63.8. The first-order valence-electron chi connectivity index (χ1n) is 12.2. The maximum Gasteiger partial charge on any atom is 0.0681 e. The third-order valence-electron chi connectivity index (χ3n) is 4.79. The summed E-state index contributed by atoms with van der Waals surface area (Å²) in [5.41, 5.74) is 6.25. The lowest BCUT2D eigenvalue weighted by Gasteiger charge is -1.89. The van der Waals surface area contributed by atoms with Crippen LogP contribution in [-0.4, -0.2) is 54.4 Å². The summed E-state index contributed by atoms with van der Waals surface area (Å²) in [6.45, 7) is 8.47. The zero-order chi connectivity index (χ0) is 26.3. The van der Waals surface area contributed by atoms with Crippen LogP contribution in [0.5, 0.6) is 0 Å². The Labute approximate surface area is 268 Å². The van der Waals surface area contributed by atoms with E-state index < -0.39 is 0 Å². The minimum absolute atomic E-state index is 0. The van der Waals surface area contributed by atoms with E-state index >= 15 is 0 Å². The van der Waals surface area contributed by atoms with Gasteiger partial charge in [-0.15, -0.1) is 0 Å². The summed E-state index contributed by atoms with van der Waals surface area (Å²) in [5, 5.41) is 8.54. The molecule has 0 fully saturated rings. The molecule has 5 aromatic carbocycles. The zero-order valence-corrected chi connectivity index (χ0v) is 26.6. The van der Waals surface area contributed by atoms with Gasteiger partial charge in [0.1, 0.15) is 0 Å². The standard InChI is InChI=1S/C7H8O.4C7H8.9H2O/c8-6-7-4-2-1-3-5-7;4*1-7-5-3-2-4-6-7;;;;;;;;;/h1-5,8H,6H2;4*2-6H,1H3;9*1H2. The highest BCUT2D eigenvalue weighted by Crippen LogP contribution is 1.96. The average Bonchev–Trinajstić information content (AvgIpc) is 2.92. The van der Waals surface area contributed by atoms with E-state index in [-0.39, 0.29) is 55.9 Å². The lowest BCUT2D eigenvalue weighted by molar-refractivity contribution is 0.282. The van der Waals surface area contributed by atoms with Crippen LogP contribution in [0, 0.1) is 27.7 Å². The molecule has 0 heterocycles. The third-order valence-corrected chi connectivity index (χ3v) is 4.79. The minimum Gasteiger partial charge on any atom is -0.412 e. The molecule has 5 rings (SSSR count). The topological polar surface area (TPSA) is 304 Å². The van der Waals surface area contributed by atoms with Crippen LogP contribution in [0.25, 0.3) is 0 Å². The van der Waals surface area contributed by atoms with Gasteiger partial charge in [0.25, 0.3) is 0 Å². The molecule has 0 aliphatic carbocycles. The molecular weight excluding hydrogens is 580 g/mol. The van der Waals surface area contributed by atoms with E-state index in [2.05, 4.69) is 76.2 Å². The lowest BCUT2D eigenvalue weighted by Crippen LogP contribution is -1.77. The van der Waals surface area contributed by atoms with E-state index in [0.29, 0.717) is 0 Å². The van der Waals surface area contributed by atoms with Gasteiger partial charge in [-0.3, -0.25) is 0 Å². The molecule has 0 saturated heterocycles. The van der Waals surface area contributed by atoms with Crippen LogP contribution < -0.4 is 0 Å². The Hall–Kier alpha value is -4.30. The molecule has 5 aromatic rings. The molecule has 0 aliphatic heterocycles. The van der Waals surface area contributed by atoms with Gasteiger partial charge < -0.3 is 54.4 Å².